The molecule has 0 saturated carbocycles. The van der Waals surface area contributed by atoms with E-state index in [-0.39, 0.29) is 0 Å². The zero-order valence-electron chi connectivity index (χ0n) is 25.8. The highest BCUT2D eigenvalue weighted by Gasteiger charge is 2.21. The van der Waals surface area contributed by atoms with E-state index in [0.717, 1.165) is 55.7 Å². The highest BCUT2D eigenvalue weighted by atomic mass is 15.0. The van der Waals surface area contributed by atoms with Crippen molar-refractivity contribution in [1.82, 2.24) is 9.13 Å². The smallest absolute Gasteiger partial charge is 0.0998 e. The quantitative estimate of drug-likeness (QED) is 0.199. The van der Waals surface area contributed by atoms with Gasteiger partial charge in [0.1, 0.15) is 0 Å². The lowest BCUT2D eigenvalue weighted by atomic mass is 9.88. The maximum Gasteiger partial charge on any atom is 0.0998 e. The second kappa shape index (κ2) is 10.9. The van der Waals surface area contributed by atoms with Gasteiger partial charge in [0.2, 0.25) is 0 Å². The van der Waals surface area contributed by atoms with Crippen molar-refractivity contribution in [3.63, 3.8) is 0 Å². The summed E-state index contributed by atoms with van der Waals surface area (Å²) in [6.45, 7) is 0. The van der Waals surface area contributed by atoms with Gasteiger partial charge in [0.15, 0.2) is 0 Å². The van der Waals surface area contributed by atoms with E-state index in [2.05, 4.69) is 155 Å². The van der Waals surface area contributed by atoms with Gasteiger partial charge < -0.3 is 9.13 Å². The van der Waals surface area contributed by atoms with Gasteiger partial charge in [-0.2, -0.15) is 10.5 Å². The monoisotopic (exact) mass is 610 g/mol. The minimum Gasteiger partial charge on any atom is -0.309 e. The summed E-state index contributed by atoms with van der Waals surface area (Å²) in [4.78, 5) is 0. The van der Waals surface area contributed by atoms with Gasteiger partial charge in [0, 0.05) is 38.4 Å². The first-order valence-corrected chi connectivity index (χ1v) is 15.9. The zero-order valence-corrected chi connectivity index (χ0v) is 25.8. The van der Waals surface area contributed by atoms with Crippen LogP contribution in [0.4, 0.5) is 0 Å². The van der Waals surface area contributed by atoms with E-state index in [9.17, 15) is 10.5 Å². The van der Waals surface area contributed by atoms with E-state index in [1.165, 1.54) is 21.5 Å². The Bertz CT molecular complexity index is 2690. The first-order chi connectivity index (χ1) is 23.7. The number of hydrogen-bond acceptors (Lipinski definition) is 2. The molecule has 0 unspecified atom stereocenters. The summed E-state index contributed by atoms with van der Waals surface area (Å²) in [5.74, 6) is 0. The molecule has 0 aliphatic rings. The summed E-state index contributed by atoms with van der Waals surface area (Å²) < 4.78 is 4.58. The van der Waals surface area contributed by atoms with Gasteiger partial charge in [0.05, 0.1) is 51.0 Å². The molecule has 4 nitrogen and oxygen atoms in total. The predicted octanol–water partition coefficient (Wildman–Crippen LogP) is 11.0. The van der Waals surface area contributed by atoms with Crippen molar-refractivity contribution < 1.29 is 0 Å². The van der Waals surface area contributed by atoms with Crippen LogP contribution in [0.1, 0.15) is 11.1 Å². The lowest BCUT2D eigenvalue weighted by Gasteiger charge is -2.18. The van der Waals surface area contributed by atoms with Crippen molar-refractivity contribution in [2.24, 2.45) is 0 Å². The molecule has 9 aromatic rings. The van der Waals surface area contributed by atoms with Gasteiger partial charge in [-0.05, 0) is 65.7 Å². The first kappa shape index (κ1) is 27.4. The number of nitrogens with zero attached hydrogens (tertiary/aromatic N) is 4. The lowest BCUT2D eigenvalue weighted by Crippen LogP contribution is -2.00. The van der Waals surface area contributed by atoms with Crippen LogP contribution in [0.5, 0.6) is 0 Å². The number of nitriles is 2. The van der Waals surface area contributed by atoms with E-state index in [4.69, 9.17) is 0 Å². The standard InChI is InChI=1S/C44H26N4/c45-27-29-25-31(28-46)44(30-21-23-32(24-22-30)47-39-16-6-1-11-33(39)34-12-2-7-17-40(34)47)38(26-29)37-15-5-10-20-43(37)48-41-18-8-3-13-35(41)36-14-4-9-19-42(36)48/h1-26H. The number of benzene rings is 7. The van der Waals surface area contributed by atoms with Gasteiger partial charge in [-0.25, -0.2) is 0 Å². The Morgan fingerprint density at radius 2 is 0.896 bits per heavy atom. The zero-order chi connectivity index (χ0) is 32.2. The molecule has 0 radical (unpaired) electrons. The Labute approximate surface area is 277 Å². The second-order valence-electron chi connectivity index (χ2n) is 12.0. The van der Waals surface area contributed by atoms with Gasteiger partial charge >= 0.3 is 0 Å². The van der Waals surface area contributed by atoms with Gasteiger partial charge in [-0.3, -0.25) is 0 Å². The van der Waals surface area contributed by atoms with Gasteiger partial charge in [0.25, 0.3) is 0 Å². The van der Waals surface area contributed by atoms with Gasteiger partial charge in [-0.1, -0.05) is 103 Å². The van der Waals surface area contributed by atoms with Crippen LogP contribution in [0.15, 0.2) is 158 Å². The molecule has 0 fully saturated rings. The van der Waals surface area contributed by atoms with Crippen LogP contribution in [0.2, 0.25) is 0 Å². The molecule has 7 aromatic carbocycles. The van der Waals surface area contributed by atoms with Crippen molar-refractivity contribution in [2.45, 2.75) is 0 Å². The Morgan fingerprint density at radius 3 is 1.42 bits per heavy atom. The number of fused-ring (bicyclic) bond motifs is 6. The predicted molar refractivity (Wildman–Crippen MR) is 195 cm³/mol. The SMILES string of the molecule is N#Cc1cc(C#N)c(-c2ccc(-n3c4ccccc4c4ccccc43)cc2)c(-c2ccccc2-n2c3ccccc3c3ccccc32)c1. The molecule has 0 amide bonds. The number of para-hydroxylation sites is 5. The average molecular weight is 611 g/mol. The number of rotatable bonds is 4. The topological polar surface area (TPSA) is 57.4 Å². The van der Waals surface area contributed by atoms with Crippen LogP contribution >= 0.6 is 0 Å². The molecule has 0 spiro atoms. The Kier molecular flexibility index (Phi) is 6.22. The van der Waals surface area contributed by atoms with Crippen molar-refractivity contribution in [3.8, 4) is 45.8 Å². The van der Waals surface area contributed by atoms with E-state index >= 15 is 0 Å². The van der Waals surface area contributed by atoms with E-state index in [0.29, 0.717) is 11.1 Å². The van der Waals surface area contributed by atoms with Crippen molar-refractivity contribution >= 4 is 43.6 Å². The fourth-order valence-electron chi connectivity index (χ4n) is 7.37. The summed E-state index contributed by atoms with van der Waals surface area (Å²) in [5.41, 5.74) is 10.9. The van der Waals surface area contributed by atoms with Crippen LogP contribution in [0.25, 0.3) is 77.2 Å². The fraction of sp³-hybridized carbons (Fsp3) is 0. The normalized spacial score (nSPS) is 11.3. The minimum absolute atomic E-state index is 0.448. The molecule has 4 heteroatoms. The highest BCUT2D eigenvalue weighted by molar-refractivity contribution is 6.10. The maximum absolute atomic E-state index is 10.5. The third-order valence-electron chi connectivity index (χ3n) is 9.40. The Balaban J connectivity index is 1.28. The van der Waals surface area contributed by atoms with Crippen molar-refractivity contribution in [3.05, 3.63) is 169 Å². The molecule has 0 atom stereocenters. The summed E-state index contributed by atoms with van der Waals surface area (Å²) in [6, 6.07) is 58.9. The van der Waals surface area contributed by atoms with Crippen molar-refractivity contribution in [2.75, 3.05) is 0 Å². The lowest BCUT2D eigenvalue weighted by molar-refractivity contribution is 1.18. The number of hydrogen-bond donors (Lipinski definition) is 0. The van der Waals surface area contributed by atoms with Crippen LogP contribution in [0, 0.1) is 22.7 Å². The molecule has 9 rings (SSSR count). The van der Waals surface area contributed by atoms with Crippen LogP contribution < -0.4 is 0 Å². The molecule has 48 heavy (non-hydrogen) atoms. The molecule has 0 bridgehead atoms. The molecule has 0 saturated heterocycles. The minimum atomic E-state index is 0.448. The molecule has 0 aliphatic heterocycles. The second-order valence-corrected chi connectivity index (χ2v) is 12.0. The summed E-state index contributed by atoms with van der Waals surface area (Å²) in [5, 5.41) is 25.3. The van der Waals surface area contributed by atoms with E-state index < -0.39 is 0 Å². The highest BCUT2D eigenvalue weighted by Crippen LogP contribution is 2.42. The van der Waals surface area contributed by atoms with Crippen LogP contribution in [-0.2, 0) is 0 Å². The third-order valence-corrected chi connectivity index (χ3v) is 9.40. The molecule has 0 aliphatic carbocycles. The Morgan fingerprint density at radius 1 is 0.417 bits per heavy atom. The van der Waals surface area contributed by atoms with Crippen LogP contribution in [-0.4, -0.2) is 9.13 Å². The maximum atomic E-state index is 10.5. The summed E-state index contributed by atoms with van der Waals surface area (Å²) >= 11 is 0. The van der Waals surface area contributed by atoms with Gasteiger partial charge in [-0.15, -0.1) is 0 Å². The van der Waals surface area contributed by atoms with E-state index in [1.807, 2.05) is 18.2 Å². The third kappa shape index (κ3) is 4.07. The van der Waals surface area contributed by atoms with Crippen LogP contribution in [0.3, 0.4) is 0 Å². The van der Waals surface area contributed by atoms with Crippen molar-refractivity contribution in [1.29, 1.82) is 10.5 Å². The van der Waals surface area contributed by atoms with E-state index in [1.54, 1.807) is 6.07 Å². The fourth-order valence-corrected chi connectivity index (χ4v) is 7.37. The number of aromatic nitrogens is 2. The summed E-state index contributed by atoms with van der Waals surface area (Å²) in [6.07, 6.45) is 0. The molecular formula is C44H26N4. The average Bonchev–Trinajstić information content (AvgIpc) is 3.67. The first-order valence-electron chi connectivity index (χ1n) is 15.9. The Hall–Kier alpha value is -6.88. The summed E-state index contributed by atoms with van der Waals surface area (Å²) in [7, 11) is 0. The molecule has 2 aromatic heterocycles. The molecule has 2 heterocycles. The molecular weight excluding hydrogens is 585 g/mol. The molecule has 0 N–H and O–H groups in total. The largest absolute Gasteiger partial charge is 0.309 e. The molecule has 222 valence electrons.